The molecular formula is C26H26N4O3. The Bertz CT molecular complexity index is 1210. The van der Waals surface area contributed by atoms with Gasteiger partial charge in [0, 0.05) is 32.4 Å². The van der Waals surface area contributed by atoms with Gasteiger partial charge in [-0.25, -0.2) is 4.98 Å². The van der Waals surface area contributed by atoms with Crippen molar-refractivity contribution in [3.8, 4) is 0 Å². The van der Waals surface area contributed by atoms with Gasteiger partial charge in [0.2, 0.25) is 0 Å². The quantitative estimate of drug-likeness (QED) is 0.564. The molecule has 0 atom stereocenters. The lowest BCUT2D eigenvalue weighted by molar-refractivity contribution is -0.138. The number of benzene rings is 1. The molecule has 7 heteroatoms. The highest BCUT2D eigenvalue weighted by Crippen LogP contribution is 2.35. The fraction of sp³-hybridized carbons (Fsp3) is 0.269. The van der Waals surface area contributed by atoms with Crippen LogP contribution in [0.1, 0.15) is 22.5 Å². The highest BCUT2D eigenvalue weighted by molar-refractivity contribution is 6.35. The largest absolute Gasteiger partial charge is 0.467 e. The molecule has 33 heavy (non-hydrogen) atoms. The maximum atomic E-state index is 13.6. The molecule has 0 N–H and O–H groups in total. The van der Waals surface area contributed by atoms with Crippen LogP contribution in [0.5, 0.6) is 0 Å². The van der Waals surface area contributed by atoms with E-state index in [0.717, 1.165) is 35.6 Å². The predicted molar refractivity (Wildman–Crippen MR) is 125 cm³/mol. The monoisotopic (exact) mass is 442 g/mol. The molecular weight excluding hydrogens is 416 g/mol. The van der Waals surface area contributed by atoms with Crippen LogP contribution in [0.25, 0.3) is 5.57 Å². The first-order valence-corrected chi connectivity index (χ1v) is 11.1. The van der Waals surface area contributed by atoms with Gasteiger partial charge in [0.1, 0.15) is 17.3 Å². The topological polar surface area (TPSA) is 69.9 Å². The molecule has 1 fully saturated rings. The minimum absolute atomic E-state index is 0.122. The number of amides is 2. The average Bonchev–Trinajstić information content (AvgIpc) is 3.42. The maximum Gasteiger partial charge on any atom is 0.278 e. The first-order chi connectivity index (χ1) is 16.0. The van der Waals surface area contributed by atoms with Gasteiger partial charge in [-0.05, 0) is 49.2 Å². The Morgan fingerprint density at radius 3 is 2.36 bits per heavy atom. The van der Waals surface area contributed by atoms with Crippen molar-refractivity contribution in [1.82, 2.24) is 14.8 Å². The minimum atomic E-state index is -0.273. The van der Waals surface area contributed by atoms with Gasteiger partial charge >= 0.3 is 0 Å². The number of nitrogens with zero attached hydrogens (tertiary/aromatic N) is 4. The second-order valence-corrected chi connectivity index (χ2v) is 8.48. The Balaban J connectivity index is 1.48. The third-order valence-corrected chi connectivity index (χ3v) is 6.26. The van der Waals surface area contributed by atoms with Crippen molar-refractivity contribution in [1.29, 1.82) is 0 Å². The molecule has 0 aliphatic carbocycles. The van der Waals surface area contributed by atoms with E-state index >= 15 is 0 Å². The highest BCUT2D eigenvalue weighted by Gasteiger charge is 2.43. The number of aryl methyl sites for hydroxylation is 2. The highest BCUT2D eigenvalue weighted by atomic mass is 16.3. The number of pyridine rings is 1. The number of aromatic nitrogens is 1. The Hall–Kier alpha value is -3.87. The molecule has 0 bridgehead atoms. The van der Waals surface area contributed by atoms with Crippen LogP contribution in [0.3, 0.4) is 0 Å². The maximum absolute atomic E-state index is 13.6. The summed E-state index contributed by atoms with van der Waals surface area (Å²) >= 11 is 0. The predicted octanol–water partition coefficient (Wildman–Crippen LogP) is 3.39. The molecule has 0 spiro atoms. The fourth-order valence-electron chi connectivity index (χ4n) is 4.60. The molecule has 0 saturated carbocycles. The molecule has 2 amide bonds. The molecule has 2 aromatic heterocycles. The second-order valence-electron chi connectivity index (χ2n) is 8.48. The number of anilines is 1. The number of rotatable bonds is 5. The van der Waals surface area contributed by atoms with Gasteiger partial charge in [0.15, 0.2) is 0 Å². The molecule has 1 saturated heterocycles. The summed E-state index contributed by atoms with van der Waals surface area (Å²) in [5, 5.41) is 0. The summed E-state index contributed by atoms with van der Waals surface area (Å²) in [6.45, 7) is 6.84. The number of hydrogen-bond acceptors (Lipinski definition) is 6. The summed E-state index contributed by atoms with van der Waals surface area (Å²) in [5.74, 6) is 0.968. The number of carbonyl (C=O) groups excluding carboxylic acids is 2. The van der Waals surface area contributed by atoms with Crippen LogP contribution in [-0.2, 0) is 16.1 Å². The van der Waals surface area contributed by atoms with E-state index in [1.165, 1.54) is 4.90 Å². The van der Waals surface area contributed by atoms with Gasteiger partial charge in [-0.3, -0.25) is 14.5 Å². The van der Waals surface area contributed by atoms with Crippen molar-refractivity contribution < 1.29 is 14.0 Å². The van der Waals surface area contributed by atoms with E-state index < -0.39 is 0 Å². The lowest BCUT2D eigenvalue weighted by Gasteiger charge is -2.37. The van der Waals surface area contributed by atoms with Crippen LogP contribution >= 0.6 is 0 Å². The molecule has 0 radical (unpaired) electrons. The smallest absolute Gasteiger partial charge is 0.278 e. The van der Waals surface area contributed by atoms with Crippen molar-refractivity contribution in [2.45, 2.75) is 20.4 Å². The van der Waals surface area contributed by atoms with Crippen molar-refractivity contribution >= 4 is 23.2 Å². The third kappa shape index (κ3) is 3.91. The number of imide groups is 1. The van der Waals surface area contributed by atoms with Gasteiger partial charge in [0.25, 0.3) is 11.8 Å². The van der Waals surface area contributed by atoms with E-state index in [-0.39, 0.29) is 18.4 Å². The summed E-state index contributed by atoms with van der Waals surface area (Å²) in [5.41, 5.74) is 3.87. The van der Waals surface area contributed by atoms with Crippen molar-refractivity contribution in [3.63, 3.8) is 0 Å². The lowest BCUT2D eigenvalue weighted by atomic mass is 9.97. The zero-order valence-corrected chi connectivity index (χ0v) is 18.8. The number of furan rings is 1. The number of carbonyl (C=O) groups is 2. The van der Waals surface area contributed by atoms with Crippen molar-refractivity contribution in [2.75, 3.05) is 31.1 Å². The first-order valence-electron chi connectivity index (χ1n) is 11.1. The minimum Gasteiger partial charge on any atom is -0.467 e. The van der Waals surface area contributed by atoms with Crippen molar-refractivity contribution in [3.05, 3.63) is 89.1 Å². The molecule has 7 nitrogen and oxygen atoms in total. The fourth-order valence-corrected chi connectivity index (χ4v) is 4.60. The zero-order chi connectivity index (χ0) is 22.9. The molecule has 5 rings (SSSR count). The van der Waals surface area contributed by atoms with E-state index in [2.05, 4.69) is 14.8 Å². The van der Waals surface area contributed by atoms with Crippen LogP contribution < -0.4 is 4.90 Å². The SMILES string of the molecule is Cc1ccc(C2=C(N3CCN(c4ccccn4)CC3)C(=O)N(Cc3ccco3)C2=O)c(C)c1. The standard InChI is InChI=1S/C26H26N4O3/c1-18-8-9-21(19(2)16-18)23-24(26(32)30(25(23)31)17-20-6-5-15-33-20)29-13-11-28(12-14-29)22-7-3-4-10-27-22/h3-10,15-16H,11-14,17H2,1-2H3. The summed E-state index contributed by atoms with van der Waals surface area (Å²) in [4.78, 5) is 37.2. The van der Waals surface area contributed by atoms with Gasteiger partial charge in [-0.1, -0.05) is 29.8 Å². The number of piperazine rings is 1. The summed E-state index contributed by atoms with van der Waals surface area (Å²) < 4.78 is 5.42. The van der Waals surface area contributed by atoms with Crippen LogP contribution in [-0.4, -0.2) is 52.8 Å². The average molecular weight is 443 g/mol. The molecule has 4 heterocycles. The zero-order valence-electron chi connectivity index (χ0n) is 18.8. The van der Waals surface area contributed by atoms with Crippen LogP contribution in [0.15, 0.2) is 71.1 Å². The second kappa shape index (κ2) is 8.58. The van der Waals surface area contributed by atoms with Gasteiger partial charge in [-0.15, -0.1) is 0 Å². The van der Waals surface area contributed by atoms with Gasteiger partial charge < -0.3 is 14.2 Å². The summed E-state index contributed by atoms with van der Waals surface area (Å²) in [6, 6.07) is 15.4. The van der Waals surface area contributed by atoms with E-state index in [9.17, 15) is 9.59 Å². The van der Waals surface area contributed by atoms with Crippen LogP contribution in [0, 0.1) is 13.8 Å². The summed E-state index contributed by atoms with van der Waals surface area (Å²) in [6.07, 6.45) is 3.34. The summed E-state index contributed by atoms with van der Waals surface area (Å²) in [7, 11) is 0. The molecule has 1 aromatic carbocycles. The number of hydrogen-bond donors (Lipinski definition) is 0. The molecule has 168 valence electrons. The van der Waals surface area contributed by atoms with Crippen LogP contribution in [0.4, 0.5) is 5.82 Å². The Morgan fingerprint density at radius 1 is 0.909 bits per heavy atom. The Labute approximate surface area is 192 Å². The Morgan fingerprint density at radius 2 is 1.70 bits per heavy atom. The van der Waals surface area contributed by atoms with Crippen molar-refractivity contribution in [2.24, 2.45) is 0 Å². The van der Waals surface area contributed by atoms with E-state index in [0.29, 0.717) is 30.1 Å². The van der Waals surface area contributed by atoms with E-state index in [4.69, 9.17) is 4.42 Å². The molecule has 0 unspecified atom stereocenters. The van der Waals surface area contributed by atoms with Gasteiger partial charge in [0.05, 0.1) is 18.4 Å². The normalized spacial score (nSPS) is 16.8. The Kier molecular flexibility index (Phi) is 5.46. The molecule has 3 aromatic rings. The van der Waals surface area contributed by atoms with E-state index in [1.807, 2.05) is 50.2 Å². The lowest BCUT2D eigenvalue weighted by Crippen LogP contribution is -2.47. The van der Waals surface area contributed by atoms with E-state index in [1.54, 1.807) is 24.6 Å². The molecule has 2 aliphatic heterocycles. The van der Waals surface area contributed by atoms with Gasteiger partial charge in [-0.2, -0.15) is 0 Å². The first kappa shape index (κ1) is 21.0. The third-order valence-electron chi connectivity index (χ3n) is 6.26. The molecule has 2 aliphatic rings. The van der Waals surface area contributed by atoms with Crippen LogP contribution in [0.2, 0.25) is 0 Å².